The van der Waals surface area contributed by atoms with Gasteiger partial charge in [-0.15, -0.1) is 0 Å². The molecule has 1 aliphatic heterocycles. The van der Waals surface area contributed by atoms with Crippen LogP contribution in [0.5, 0.6) is 0 Å². The maximum absolute atomic E-state index is 12.6. The first kappa shape index (κ1) is 23.7. The summed E-state index contributed by atoms with van der Waals surface area (Å²) in [5.74, 6) is -0.380. The van der Waals surface area contributed by atoms with Crippen molar-refractivity contribution in [3.63, 3.8) is 0 Å². The molecule has 0 spiro atoms. The maximum atomic E-state index is 12.6. The van der Waals surface area contributed by atoms with Gasteiger partial charge < -0.3 is 20.3 Å². The number of alkyl halides is 3. The molecular formula is C22H24F3N3O4. The molecule has 2 atom stereocenters. The topological polar surface area (TPSA) is 104 Å². The molecule has 0 bridgehead atoms. The summed E-state index contributed by atoms with van der Waals surface area (Å²) < 4.78 is 42.3. The highest BCUT2D eigenvalue weighted by Crippen LogP contribution is 2.26. The Bertz CT molecular complexity index is 988. The number of nitrogens with zero attached hydrogens (tertiary/aromatic N) is 2. The summed E-state index contributed by atoms with van der Waals surface area (Å²) in [7, 11) is 0. The van der Waals surface area contributed by atoms with E-state index in [2.05, 4.69) is 15.3 Å². The van der Waals surface area contributed by atoms with Gasteiger partial charge in [-0.1, -0.05) is 30.3 Å². The Hall–Kier alpha value is -2.98. The average molecular weight is 451 g/mol. The van der Waals surface area contributed by atoms with Gasteiger partial charge in [-0.25, -0.2) is 4.99 Å². The van der Waals surface area contributed by atoms with Gasteiger partial charge in [0, 0.05) is 6.20 Å². The first-order chi connectivity index (χ1) is 14.9. The summed E-state index contributed by atoms with van der Waals surface area (Å²) in [6.45, 7) is 2.41. The lowest BCUT2D eigenvalue weighted by Crippen LogP contribution is -2.42. The zero-order valence-corrected chi connectivity index (χ0v) is 17.6. The molecule has 0 unspecified atom stereocenters. The number of aliphatic hydroxyl groups is 2. The number of carbonyl (C=O) groups is 1. The van der Waals surface area contributed by atoms with Crippen LogP contribution in [-0.2, 0) is 22.5 Å². The van der Waals surface area contributed by atoms with Gasteiger partial charge in [0.2, 0.25) is 11.8 Å². The van der Waals surface area contributed by atoms with Crippen molar-refractivity contribution in [2.24, 2.45) is 4.99 Å². The number of carbonyl (C=O) groups excluding carboxylic acids is 1. The average Bonchev–Trinajstić information content (AvgIpc) is 3.11. The van der Waals surface area contributed by atoms with Crippen molar-refractivity contribution in [1.29, 1.82) is 0 Å². The third kappa shape index (κ3) is 5.83. The number of aliphatic hydroxyl groups excluding tert-OH is 1. The van der Waals surface area contributed by atoms with Crippen LogP contribution in [0, 0.1) is 0 Å². The Balaban J connectivity index is 1.64. The third-order valence-corrected chi connectivity index (χ3v) is 4.91. The highest BCUT2D eigenvalue weighted by atomic mass is 19.4. The molecule has 2 heterocycles. The van der Waals surface area contributed by atoms with Gasteiger partial charge in [-0.2, -0.15) is 13.2 Å². The van der Waals surface area contributed by atoms with Gasteiger partial charge in [0.05, 0.1) is 35.9 Å². The van der Waals surface area contributed by atoms with Crippen LogP contribution in [0.4, 0.5) is 13.2 Å². The number of nitrogens with one attached hydrogen (secondary N) is 1. The molecule has 10 heteroatoms. The number of benzene rings is 1. The normalized spacial score (nSPS) is 15.5. The van der Waals surface area contributed by atoms with E-state index in [-0.39, 0.29) is 24.8 Å². The van der Waals surface area contributed by atoms with E-state index < -0.39 is 30.5 Å². The number of hydrogen-bond donors (Lipinski definition) is 3. The largest absolute Gasteiger partial charge is 0.474 e. The highest BCUT2D eigenvalue weighted by molar-refractivity contribution is 5.97. The lowest BCUT2D eigenvalue weighted by Gasteiger charge is -2.30. The number of aromatic nitrogens is 1. The minimum absolute atomic E-state index is 0.0297. The van der Waals surface area contributed by atoms with Crippen molar-refractivity contribution in [3.8, 4) is 0 Å². The fourth-order valence-electron chi connectivity index (χ4n) is 3.27. The first-order valence-electron chi connectivity index (χ1n) is 9.92. The second-order valence-electron chi connectivity index (χ2n) is 8.06. The molecule has 172 valence electrons. The molecule has 0 aliphatic carbocycles. The van der Waals surface area contributed by atoms with Crippen LogP contribution in [-0.4, -0.2) is 51.5 Å². The molecule has 1 aliphatic rings. The number of hydrogen-bond acceptors (Lipinski definition) is 6. The molecule has 1 aromatic heterocycles. The number of amides is 1. The van der Waals surface area contributed by atoms with Crippen LogP contribution in [0.25, 0.3) is 0 Å². The van der Waals surface area contributed by atoms with Crippen molar-refractivity contribution in [2.45, 2.75) is 50.7 Å². The van der Waals surface area contributed by atoms with E-state index in [1.165, 1.54) is 6.20 Å². The van der Waals surface area contributed by atoms with Crippen molar-refractivity contribution >= 4 is 11.8 Å². The Morgan fingerprint density at radius 3 is 2.56 bits per heavy atom. The van der Waals surface area contributed by atoms with Crippen LogP contribution in [0.15, 0.2) is 47.6 Å². The lowest BCUT2D eigenvalue weighted by molar-refractivity contribution is -0.211. The smallest absolute Gasteiger partial charge is 0.417 e. The van der Waals surface area contributed by atoms with Crippen LogP contribution in [0.2, 0.25) is 0 Å². The van der Waals surface area contributed by atoms with E-state index in [9.17, 15) is 23.1 Å². The zero-order valence-electron chi connectivity index (χ0n) is 17.6. The molecule has 1 aromatic carbocycles. The molecule has 3 rings (SSSR count). The number of halogens is 3. The standard InChI is InChI=1S/C22H24F3N3O4/c1-21(2,31)19(13-6-4-3-5-7-13)28-18(30)9-15-8-14-10-27-20(16(14)11-26-15)32-12-17(29)22(23,24)25/h3-8,11,17,19,29,31H,9-10,12H2,1-2H3,(H,28,30)/t17-,19+/m1/s1. The Morgan fingerprint density at radius 1 is 1.25 bits per heavy atom. The molecule has 0 saturated carbocycles. The van der Waals surface area contributed by atoms with Gasteiger partial charge in [-0.05, 0) is 31.0 Å². The third-order valence-electron chi connectivity index (χ3n) is 4.91. The van der Waals surface area contributed by atoms with Gasteiger partial charge >= 0.3 is 6.18 Å². The number of rotatable bonds is 7. The first-order valence-corrected chi connectivity index (χ1v) is 9.92. The van der Waals surface area contributed by atoms with Crippen LogP contribution < -0.4 is 5.32 Å². The van der Waals surface area contributed by atoms with Crippen LogP contribution in [0.3, 0.4) is 0 Å². The summed E-state index contributed by atoms with van der Waals surface area (Å²) in [5.41, 5.74) is 1.06. The Labute approximate surface area is 183 Å². The molecule has 0 radical (unpaired) electrons. The van der Waals surface area contributed by atoms with Gasteiger partial charge in [0.1, 0.15) is 6.61 Å². The van der Waals surface area contributed by atoms with Gasteiger partial charge in [-0.3, -0.25) is 9.78 Å². The fourth-order valence-corrected chi connectivity index (χ4v) is 3.27. The number of ether oxygens (including phenoxy) is 1. The minimum atomic E-state index is -4.78. The SMILES string of the molecule is CC(C)(O)[C@@H](NC(=O)Cc1cc2c(cn1)C(OC[C@@H](O)C(F)(F)F)=NC2)c1ccccc1. The summed E-state index contributed by atoms with van der Waals surface area (Å²) in [5, 5.41) is 22.4. The molecular weight excluding hydrogens is 427 g/mol. The minimum Gasteiger partial charge on any atom is -0.474 e. The monoisotopic (exact) mass is 451 g/mol. The van der Waals surface area contributed by atoms with E-state index in [1.807, 2.05) is 30.3 Å². The number of fused-ring (bicyclic) bond motifs is 1. The Morgan fingerprint density at radius 2 is 1.94 bits per heavy atom. The van der Waals surface area contributed by atoms with E-state index in [4.69, 9.17) is 9.84 Å². The van der Waals surface area contributed by atoms with Crippen molar-refractivity contribution in [1.82, 2.24) is 10.3 Å². The molecule has 1 amide bonds. The maximum Gasteiger partial charge on any atom is 0.417 e. The molecule has 7 nitrogen and oxygen atoms in total. The second-order valence-corrected chi connectivity index (χ2v) is 8.06. The highest BCUT2D eigenvalue weighted by Gasteiger charge is 2.39. The zero-order chi connectivity index (χ0) is 23.5. The van der Waals surface area contributed by atoms with Crippen LogP contribution in [0.1, 0.15) is 42.3 Å². The fraction of sp³-hybridized carbons (Fsp3) is 0.409. The van der Waals surface area contributed by atoms with E-state index in [0.717, 1.165) is 5.56 Å². The van der Waals surface area contributed by atoms with Crippen molar-refractivity contribution in [2.75, 3.05) is 6.61 Å². The quantitative estimate of drug-likeness (QED) is 0.600. The summed E-state index contributed by atoms with van der Waals surface area (Å²) in [6.07, 6.45) is -6.07. The van der Waals surface area contributed by atoms with Crippen molar-refractivity contribution in [3.05, 3.63) is 65.0 Å². The lowest BCUT2D eigenvalue weighted by atomic mass is 9.91. The summed E-state index contributed by atoms with van der Waals surface area (Å²) >= 11 is 0. The van der Waals surface area contributed by atoms with E-state index in [0.29, 0.717) is 16.8 Å². The van der Waals surface area contributed by atoms with Crippen molar-refractivity contribution < 1.29 is 32.9 Å². The molecule has 2 aromatic rings. The van der Waals surface area contributed by atoms with Crippen LogP contribution >= 0.6 is 0 Å². The summed E-state index contributed by atoms with van der Waals surface area (Å²) in [4.78, 5) is 20.9. The predicted octanol–water partition coefficient (Wildman–Crippen LogP) is 2.45. The van der Waals surface area contributed by atoms with E-state index in [1.54, 1.807) is 19.9 Å². The summed E-state index contributed by atoms with van der Waals surface area (Å²) in [6, 6.07) is 10.1. The second kappa shape index (κ2) is 9.25. The van der Waals surface area contributed by atoms with Gasteiger partial charge in [0.25, 0.3) is 0 Å². The van der Waals surface area contributed by atoms with Gasteiger partial charge in [0.15, 0.2) is 6.10 Å². The van der Waals surface area contributed by atoms with E-state index >= 15 is 0 Å². The number of pyridine rings is 1. The molecule has 0 fully saturated rings. The molecule has 32 heavy (non-hydrogen) atoms. The molecule has 3 N–H and O–H groups in total. The number of aliphatic imine (C=N–C) groups is 1. The predicted molar refractivity (Wildman–Crippen MR) is 110 cm³/mol. The Kier molecular flexibility index (Phi) is 6.85. The molecule has 0 saturated heterocycles.